The van der Waals surface area contributed by atoms with Crippen molar-refractivity contribution < 1.29 is 27.2 Å². The van der Waals surface area contributed by atoms with Gasteiger partial charge in [0.05, 0.1) is 5.56 Å². The Balaban J connectivity index is 2.52. The van der Waals surface area contributed by atoms with Gasteiger partial charge in [0.1, 0.15) is 5.82 Å². The van der Waals surface area contributed by atoms with E-state index in [4.69, 9.17) is 5.73 Å². The molecule has 0 spiro atoms. The molecule has 0 aliphatic heterocycles. The number of carbonyl (C=O) groups is 2. The van der Waals surface area contributed by atoms with Gasteiger partial charge in [-0.2, -0.15) is 13.2 Å². The maximum absolute atomic E-state index is 13.2. The normalized spacial score (nSPS) is 11.2. The number of rotatable bonds is 4. The van der Waals surface area contributed by atoms with Crippen LogP contribution < -0.4 is 11.1 Å². The Bertz CT molecular complexity index is 515. The minimum atomic E-state index is -4.72. The summed E-state index contributed by atoms with van der Waals surface area (Å²) in [5.74, 6) is -3.40. The summed E-state index contributed by atoms with van der Waals surface area (Å²) < 4.78 is 50.2. The quantitative estimate of drug-likeness (QED) is 0.500. The molecular weight excluding hydrogens is 280 g/mol. The molecule has 1 aromatic rings. The van der Waals surface area contributed by atoms with Crippen molar-refractivity contribution in [2.45, 2.75) is 19.0 Å². The summed E-state index contributed by atoms with van der Waals surface area (Å²) in [7, 11) is 0. The Morgan fingerprint density at radius 2 is 1.90 bits per heavy atom. The van der Waals surface area contributed by atoms with Crippen LogP contribution in [0.4, 0.5) is 17.6 Å². The molecule has 8 heteroatoms. The predicted molar refractivity (Wildman–Crippen MR) is 61.9 cm³/mol. The van der Waals surface area contributed by atoms with Crippen LogP contribution >= 0.6 is 0 Å². The minimum absolute atomic E-state index is 0.115. The van der Waals surface area contributed by atoms with Crippen LogP contribution in [0.1, 0.15) is 17.5 Å². The number of halogens is 4. The van der Waals surface area contributed by atoms with E-state index in [2.05, 4.69) is 5.32 Å². The van der Waals surface area contributed by atoms with Gasteiger partial charge in [0.2, 0.25) is 0 Å². The fraction of sp³-hybridized carbons (Fsp3) is 0.333. The van der Waals surface area contributed by atoms with Gasteiger partial charge in [-0.1, -0.05) is 6.07 Å². The molecule has 0 aromatic heterocycles. The van der Waals surface area contributed by atoms with E-state index >= 15 is 0 Å². The molecule has 0 radical (unpaired) electrons. The van der Waals surface area contributed by atoms with Gasteiger partial charge in [-0.25, -0.2) is 4.39 Å². The second-order valence-corrected chi connectivity index (χ2v) is 4.04. The first-order chi connectivity index (χ1) is 9.21. The summed E-state index contributed by atoms with van der Waals surface area (Å²) in [6, 6.07) is 2.65. The molecule has 0 bridgehead atoms. The lowest BCUT2D eigenvalue weighted by molar-refractivity contribution is -0.140. The van der Waals surface area contributed by atoms with E-state index in [0.717, 1.165) is 6.07 Å². The average molecular weight is 292 g/mol. The second kappa shape index (κ2) is 6.36. The Kier molecular flexibility index (Phi) is 5.06. The first kappa shape index (κ1) is 15.9. The second-order valence-electron chi connectivity index (χ2n) is 4.04. The van der Waals surface area contributed by atoms with Crippen molar-refractivity contribution in [2.24, 2.45) is 5.73 Å². The highest BCUT2D eigenvalue weighted by molar-refractivity contribution is 6.34. The zero-order valence-corrected chi connectivity index (χ0v) is 10.3. The number of carbonyl (C=O) groups excluding carboxylic acids is 2. The summed E-state index contributed by atoms with van der Waals surface area (Å²) in [5.41, 5.74) is 3.75. The molecule has 1 rings (SSSR count). The van der Waals surface area contributed by atoms with Crippen LogP contribution in [0.5, 0.6) is 0 Å². The Morgan fingerprint density at radius 3 is 2.40 bits per heavy atom. The lowest BCUT2D eigenvalue weighted by Crippen LogP contribution is -2.36. The third-order valence-corrected chi connectivity index (χ3v) is 2.49. The van der Waals surface area contributed by atoms with Crippen molar-refractivity contribution in [2.75, 3.05) is 6.54 Å². The average Bonchev–Trinajstić information content (AvgIpc) is 2.32. The first-order valence-corrected chi connectivity index (χ1v) is 5.65. The Hall–Kier alpha value is -2.12. The molecular formula is C12H12F4N2O2. The predicted octanol–water partition coefficient (Wildman–Crippen LogP) is 1.38. The number of alkyl halides is 3. The molecule has 0 saturated heterocycles. The van der Waals surface area contributed by atoms with Gasteiger partial charge in [-0.05, 0) is 30.5 Å². The SMILES string of the molecule is NC(=O)C(=O)NCCCc1ccc(C(F)(F)F)c(F)c1. The monoisotopic (exact) mass is 292 g/mol. The summed E-state index contributed by atoms with van der Waals surface area (Å²) in [5, 5.41) is 2.22. The molecule has 0 fully saturated rings. The molecule has 3 N–H and O–H groups in total. The van der Waals surface area contributed by atoms with Crippen molar-refractivity contribution in [1.29, 1.82) is 0 Å². The molecule has 20 heavy (non-hydrogen) atoms. The van der Waals surface area contributed by atoms with Crippen LogP contribution in [0.2, 0.25) is 0 Å². The summed E-state index contributed by atoms with van der Waals surface area (Å²) in [6.07, 6.45) is -4.13. The first-order valence-electron chi connectivity index (χ1n) is 5.65. The van der Waals surface area contributed by atoms with Gasteiger partial charge in [0.25, 0.3) is 0 Å². The number of hydrogen-bond acceptors (Lipinski definition) is 2. The van der Waals surface area contributed by atoms with Crippen molar-refractivity contribution in [3.8, 4) is 0 Å². The molecule has 0 unspecified atom stereocenters. The van der Waals surface area contributed by atoms with E-state index < -0.39 is 29.4 Å². The van der Waals surface area contributed by atoms with Crippen molar-refractivity contribution in [1.82, 2.24) is 5.32 Å². The van der Waals surface area contributed by atoms with E-state index in [1.54, 1.807) is 0 Å². The smallest absolute Gasteiger partial charge is 0.361 e. The lowest BCUT2D eigenvalue weighted by Gasteiger charge is -2.09. The van der Waals surface area contributed by atoms with Crippen LogP contribution in [0, 0.1) is 5.82 Å². The van der Waals surface area contributed by atoms with Crippen molar-refractivity contribution >= 4 is 11.8 Å². The number of nitrogens with one attached hydrogen (secondary N) is 1. The van der Waals surface area contributed by atoms with E-state index in [0.29, 0.717) is 18.1 Å². The van der Waals surface area contributed by atoms with Gasteiger partial charge < -0.3 is 11.1 Å². The molecule has 0 atom stereocenters. The van der Waals surface area contributed by atoms with Crippen molar-refractivity contribution in [3.05, 3.63) is 35.1 Å². The van der Waals surface area contributed by atoms with Crippen LogP contribution in [0.3, 0.4) is 0 Å². The Labute approximate surface area is 111 Å². The van der Waals surface area contributed by atoms with E-state index in [-0.39, 0.29) is 13.0 Å². The van der Waals surface area contributed by atoms with Crippen LogP contribution in [0.25, 0.3) is 0 Å². The number of hydrogen-bond donors (Lipinski definition) is 2. The summed E-state index contributed by atoms with van der Waals surface area (Å²) >= 11 is 0. The van der Waals surface area contributed by atoms with E-state index in [9.17, 15) is 27.2 Å². The zero-order valence-electron chi connectivity index (χ0n) is 10.3. The minimum Gasteiger partial charge on any atom is -0.361 e. The zero-order chi connectivity index (χ0) is 15.3. The van der Waals surface area contributed by atoms with Gasteiger partial charge >= 0.3 is 18.0 Å². The molecule has 0 aliphatic rings. The number of primary amides is 1. The highest BCUT2D eigenvalue weighted by atomic mass is 19.4. The fourth-order valence-electron chi connectivity index (χ4n) is 1.53. The fourth-order valence-corrected chi connectivity index (χ4v) is 1.53. The summed E-state index contributed by atoms with van der Waals surface area (Å²) in [4.78, 5) is 21.2. The van der Waals surface area contributed by atoms with Crippen molar-refractivity contribution in [3.63, 3.8) is 0 Å². The number of nitrogens with two attached hydrogens (primary N) is 1. The Morgan fingerprint density at radius 1 is 1.25 bits per heavy atom. The number of amides is 2. The van der Waals surface area contributed by atoms with Crippen LogP contribution in [-0.4, -0.2) is 18.4 Å². The van der Waals surface area contributed by atoms with Gasteiger partial charge in [0, 0.05) is 6.54 Å². The third-order valence-electron chi connectivity index (χ3n) is 2.49. The molecule has 0 heterocycles. The highest BCUT2D eigenvalue weighted by Gasteiger charge is 2.33. The van der Waals surface area contributed by atoms with E-state index in [1.165, 1.54) is 6.07 Å². The van der Waals surface area contributed by atoms with Gasteiger partial charge in [-0.15, -0.1) is 0 Å². The van der Waals surface area contributed by atoms with Crippen LogP contribution in [0.15, 0.2) is 18.2 Å². The lowest BCUT2D eigenvalue weighted by atomic mass is 10.1. The van der Waals surface area contributed by atoms with Crippen LogP contribution in [-0.2, 0) is 22.2 Å². The van der Waals surface area contributed by atoms with E-state index in [1.807, 2.05) is 0 Å². The molecule has 2 amide bonds. The van der Waals surface area contributed by atoms with Gasteiger partial charge in [-0.3, -0.25) is 9.59 Å². The van der Waals surface area contributed by atoms with Gasteiger partial charge in [0.15, 0.2) is 0 Å². The topological polar surface area (TPSA) is 72.2 Å². The number of benzene rings is 1. The molecule has 0 aliphatic carbocycles. The standard InChI is InChI=1S/C12H12F4N2O2/c13-9-6-7(3-4-8(9)12(14,15)16)2-1-5-18-11(20)10(17)19/h3-4,6H,1-2,5H2,(H2,17,19)(H,18,20). The molecule has 110 valence electrons. The maximum Gasteiger partial charge on any atom is 0.419 e. The molecule has 0 saturated carbocycles. The third kappa shape index (κ3) is 4.52. The number of aryl methyl sites for hydroxylation is 1. The largest absolute Gasteiger partial charge is 0.419 e. The molecule has 1 aromatic carbocycles. The molecule has 4 nitrogen and oxygen atoms in total. The maximum atomic E-state index is 13.2. The highest BCUT2D eigenvalue weighted by Crippen LogP contribution is 2.31. The summed E-state index contributed by atoms with van der Waals surface area (Å²) in [6.45, 7) is 0.115.